The Morgan fingerprint density at radius 2 is 1.63 bits per heavy atom. The van der Waals surface area contributed by atoms with E-state index in [0.717, 1.165) is 10.4 Å². The minimum Gasteiger partial charge on any atom is -0.493 e. The van der Waals surface area contributed by atoms with Crippen molar-refractivity contribution in [1.82, 2.24) is 0 Å². The normalized spacial score (nSPS) is 9.42. The molecule has 1 aromatic heterocycles. The summed E-state index contributed by atoms with van der Waals surface area (Å²) in [6.45, 7) is 0. The third-order valence-electron chi connectivity index (χ3n) is 2.52. The van der Waals surface area contributed by atoms with Gasteiger partial charge in [0.25, 0.3) is 0 Å². The minimum absolute atomic E-state index is 0.576. The smallest absolute Gasteiger partial charge is 0.203 e. The van der Waals surface area contributed by atoms with Crippen molar-refractivity contribution in [2.75, 3.05) is 21.3 Å². The van der Waals surface area contributed by atoms with E-state index in [1.165, 1.54) is 0 Å². The van der Waals surface area contributed by atoms with Gasteiger partial charge in [0.2, 0.25) is 5.75 Å². The number of methoxy groups -OCH3 is 3. The number of ether oxygens (including phenoxy) is 3. The fraction of sp³-hybridized carbons (Fsp3) is 0.200. The number of rotatable bonds is 3. The molecule has 1 aromatic carbocycles. The van der Waals surface area contributed by atoms with Gasteiger partial charge in [-0.05, 0) is 23.6 Å². The third kappa shape index (κ3) is 3.01. The number of hydrogen-bond acceptors (Lipinski definition) is 4. The highest BCUT2D eigenvalue weighted by molar-refractivity contribution is 7.10. The molecule has 0 atom stereocenters. The lowest BCUT2D eigenvalue weighted by atomic mass is 10.2. The van der Waals surface area contributed by atoms with E-state index in [-0.39, 0.29) is 0 Å². The largest absolute Gasteiger partial charge is 0.493 e. The van der Waals surface area contributed by atoms with Crippen LogP contribution in [0.4, 0.5) is 0 Å². The summed E-state index contributed by atoms with van der Waals surface area (Å²) in [5.74, 6) is 7.98. The zero-order valence-electron chi connectivity index (χ0n) is 11.0. The molecule has 2 rings (SSSR count). The third-order valence-corrected chi connectivity index (χ3v) is 3.30. The Morgan fingerprint density at radius 3 is 2.11 bits per heavy atom. The first kappa shape index (κ1) is 13.3. The summed E-state index contributed by atoms with van der Waals surface area (Å²) >= 11 is 1.61. The van der Waals surface area contributed by atoms with Gasteiger partial charge < -0.3 is 14.2 Å². The minimum atomic E-state index is 0.576. The van der Waals surface area contributed by atoms with Crippen LogP contribution in [0.1, 0.15) is 10.4 Å². The van der Waals surface area contributed by atoms with E-state index in [2.05, 4.69) is 11.8 Å². The van der Waals surface area contributed by atoms with Gasteiger partial charge in [0.15, 0.2) is 11.5 Å². The molecule has 0 bridgehead atoms. The zero-order valence-corrected chi connectivity index (χ0v) is 11.8. The van der Waals surface area contributed by atoms with Gasteiger partial charge in [0.05, 0.1) is 26.2 Å². The molecule has 0 N–H and O–H groups in total. The maximum atomic E-state index is 5.29. The molecule has 1 heterocycles. The molecule has 4 heteroatoms. The second-order valence-electron chi connectivity index (χ2n) is 3.64. The first-order chi connectivity index (χ1) is 9.28. The van der Waals surface area contributed by atoms with Crippen LogP contribution in [0.25, 0.3) is 0 Å². The molecule has 0 fully saturated rings. The van der Waals surface area contributed by atoms with Crippen LogP contribution in [0.2, 0.25) is 0 Å². The molecular weight excluding hydrogens is 260 g/mol. The van der Waals surface area contributed by atoms with Crippen molar-refractivity contribution < 1.29 is 14.2 Å². The Morgan fingerprint density at radius 1 is 0.947 bits per heavy atom. The van der Waals surface area contributed by atoms with Crippen molar-refractivity contribution in [2.24, 2.45) is 0 Å². The highest BCUT2D eigenvalue weighted by Crippen LogP contribution is 2.37. The Bertz CT molecular complexity index is 581. The lowest BCUT2D eigenvalue weighted by Gasteiger charge is -2.12. The first-order valence-electron chi connectivity index (χ1n) is 5.64. The first-order valence-corrected chi connectivity index (χ1v) is 6.52. The van der Waals surface area contributed by atoms with Gasteiger partial charge in [-0.1, -0.05) is 17.9 Å². The lowest BCUT2D eigenvalue weighted by Crippen LogP contribution is -1.95. The number of hydrogen-bond donors (Lipinski definition) is 0. The molecule has 2 aromatic rings. The van der Waals surface area contributed by atoms with E-state index in [9.17, 15) is 0 Å². The van der Waals surface area contributed by atoms with Crippen LogP contribution < -0.4 is 14.2 Å². The van der Waals surface area contributed by atoms with Crippen LogP contribution in [0, 0.1) is 11.8 Å². The van der Waals surface area contributed by atoms with Crippen molar-refractivity contribution in [1.29, 1.82) is 0 Å². The molecular formula is C15H14O3S. The Hall–Kier alpha value is -2.12. The van der Waals surface area contributed by atoms with E-state index in [1.807, 2.05) is 29.6 Å². The quantitative estimate of drug-likeness (QED) is 0.805. The van der Waals surface area contributed by atoms with E-state index in [1.54, 1.807) is 32.7 Å². The monoisotopic (exact) mass is 274 g/mol. The molecule has 19 heavy (non-hydrogen) atoms. The molecule has 0 saturated carbocycles. The van der Waals surface area contributed by atoms with Crippen LogP contribution in [0.3, 0.4) is 0 Å². The Labute approximate surface area is 116 Å². The van der Waals surface area contributed by atoms with Crippen LogP contribution in [-0.2, 0) is 0 Å². The summed E-state index contributed by atoms with van der Waals surface area (Å²) in [5, 5.41) is 2.00. The van der Waals surface area contributed by atoms with E-state index >= 15 is 0 Å². The van der Waals surface area contributed by atoms with Gasteiger partial charge in [-0.3, -0.25) is 0 Å². The average Bonchev–Trinajstić information content (AvgIpc) is 2.97. The van der Waals surface area contributed by atoms with Crippen LogP contribution >= 0.6 is 11.3 Å². The molecule has 0 amide bonds. The van der Waals surface area contributed by atoms with Gasteiger partial charge in [0, 0.05) is 5.56 Å². The summed E-state index contributed by atoms with van der Waals surface area (Å²) in [4.78, 5) is 1.02. The summed E-state index contributed by atoms with van der Waals surface area (Å²) in [6, 6.07) is 7.63. The lowest BCUT2D eigenvalue weighted by molar-refractivity contribution is 0.324. The number of benzene rings is 1. The topological polar surface area (TPSA) is 27.7 Å². The van der Waals surface area contributed by atoms with E-state index in [0.29, 0.717) is 17.2 Å². The predicted octanol–water partition coefficient (Wildman–Crippen LogP) is 3.17. The molecule has 0 aliphatic carbocycles. The van der Waals surface area contributed by atoms with Crippen molar-refractivity contribution in [3.05, 3.63) is 40.1 Å². The maximum absolute atomic E-state index is 5.29. The molecule has 3 nitrogen and oxygen atoms in total. The fourth-order valence-corrected chi connectivity index (χ4v) is 2.21. The van der Waals surface area contributed by atoms with Crippen molar-refractivity contribution >= 4 is 11.3 Å². The van der Waals surface area contributed by atoms with Gasteiger partial charge in [-0.25, -0.2) is 0 Å². The molecule has 0 aliphatic rings. The van der Waals surface area contributed by atoms with Gasteiger partial charge >= 0.3 is 0 Å². The Balaban J connectivity index is 2.41. The second-order valence-corrected chi connectivity index (χ2v) is 4.59. The summed E-state index contributed by atoms with van der Waals surface area (Å²) in [5.41, 5.74) is 0.822. The molecule has 0 aliphatic heterocycles. The van der Waals surface area contributed by atoms with Crippen molar-refractivity contribution in [2.45, 2.75) is 0 Å². The molecule has 0 spiro atoms. The van der Waals surface area contributed by atoms with E-state index < -0.39 is 0 Å². The van der Waals surface area contributed by atoms with Gasteiger partial charge in [-0.2, -0.15) is 0 Å². The zero-order chi connectivity index (χ0) is 13.7. The van der Waals surface area contributed by atoms with Crippen LogP contribution in [0.5, 0.6) is 17.2 Å². The maximum Gasteiger partial charge on any atom is 0.203 e. The van der Waals surface area contributed by atoms with Gasteiger partial charge in [-0.15, -0.1) is 11.3 Å². The molecule has 0 radical (unpaired) electrons. The van der Waals surface area contributed by atoms with Crippen LogP contribution in [0.15, 0.2) is 29.6 Å². The highest BCUT2D eigenvalue weighted by atomic mass is 32.1. The SMILES string of the molecule is COc1cc(C#Cc2cccs2)cc(OC)c1OC. The van der Waals surface area contributed by atoms with Crippen molar-refractivity contribution in [3.63, 3.8) is 0 Å². The fourth-order valence-electron chi connectivity index (χ4n) is 1.64. The number of thiophene rings is 1. The van der Waals surface area contributed by atoms with Crippen LogP contribution in [-0.4, -0.2) is 21.3 Å². The molecule has 0 saturated heterocycles. The van der Waals surface area contributed by atoms with Crippen molar-refractivity contribution in [3.8, 4) is 29.1 Å². The standard InChI is InChI=1S/C15H14O3S/c1-16-13-9-11(6-7-12-5-4-8-19-12)10-14(17-2)15(13)18-3/h4-5,8-10H,1-3H3. The van der Waals surface area contributed by atoms with Gasteiger partial charge in [0.1, 0.15) is 0 Å². The average molecular weight is 274 g/mol. The van der Waals surface area contributed by atoms with E-state index in [4.69, 9.17) is 14.2 Å². The highest BCUT2D eigenvalue weighted by Gasteiger charge is 2.12. The second kappa shape index (κ2) is 6.17. The summed E-state index contributed by atoms with van der Waals surface area (Å²) in [6.07, 6.45) is 0. The predicted molar refractivity (Wildman–Crippen MR) is 76.4 cm³/mol. The Kier molecular flexibility index (Phi) is 4.32. The summed E-state index contributed by atoms with van der Waals surface area (Å²) in [7, 11) is 4.76. The summed E-state index contributed by atoms with van der Waals surface area (Å²) < 4.78 is 15.8. The molecule has 98 valence electrons. The molecule has 0 unspecified atom stereocenters.